The van der Waals surface area contributed by atoms with Crippen molar-refractivity contribution in [2.24, 2.45) is 0 Å². The third-order valence-electron chi connectivity index (χ3n) is 5.46. The van der Waals surface area contributed by atoms with Crippen molar-refractivity contribution in [3.05, 3.63) is 59.6 Å². The lowest BCUT2D eigenvalue weighted by Gasteiger charge is -2.33. The summed E-state index contributed by atoms with van der Waals surface area (Å²) in [4.78, 5) is 21.4. The van der Waals surface area contributed by atoms with Gasteiger partial charge in [0.1, 0.15) is 5.82 Å². The first-order valence-corrected chi connectivity index (χ1v) is 10.6. The second-order valence-electron chi connectivity index (χ2n) is 7.96. The maximum Gasteiger partial charge on any atom is 0.247 e. The van der Waals surface area contributed by atoms with Crippen LogP contribution in [-0.4, -0.2) is 59.2 Å². The highest BCUT2D eigenvalue weighted by atomic mass is 16.4. The lowest BCUT2D eigenvalue weighted by molar-refractivity contribution is -0.121. The average molecular weight is 421 g/mol. The standard InChI is InChI=1S/C23H28N6O2/c1-17-3-6-19(7-4-17)23-27-26-22(31-23)10-9-21(30)25-16-18-5-8-20(24-15-18)29-13-11-28(2)12-14-29/h3-8,15H,9-14,16H2,1-2H3,(H,25,30). The summed E-state index contributed by atoms with van der Waals surface area (Å²) in [6.07, 6.45) is 2.54. The number of likely N-dealkylation sites (N-methyl/N-ethyl adjacent to an activating group) is 1. The Bertz CT molecular complexity index is 992. The average Bonchev–Trinajstić information content (AvgIpc) is 3.27. The molecule has 0 unspecified atom stereocenters. The van der Waals surface area contributed by atoms with Gasteiger partial charge in [0.15, 0.2) is 0 Å². The minimum atomic E-state index is -0.0572. The third kappa shape index (κ3) is 5.67. The highest BCUT2D eigenvalue weighted by molar-refractivity contribution is 5.76. The molecule has 2 aromatic heterocycles. The van der Waals surface area contributed by atoms with Crippen LogP contribution >= 0.6 is 0 Å². The van der Waals surface area contributed by atoms with Crippen LogP contribution in [0.3, 0.4) is 0 Å². The number of aryl methyl sites for hydroxylation is 2. The Balaban J connectivity index is 1.22. The number of hydrogen-bond donors (Lipinski definition) is 1. The van der Waals surface area contributed by atoms with Crippen LogP contribution in [0.15, 0.2) is 47.0 Å². The monoisotopic (exact) mass is 420 g/mol. The molecule has 0 radical (unpaired) electrons. The van der Waals surface area contributed by atoms with Crippen LogP contribution < -0.4 is 10.2 Å². The molecule has 0 atom stereocenters. The van der Waals surface area contributed by atoms with Gasteiger partial charge < -0.3 is 19.5 Å². The molecule has 4 rings (SSSR count). The van der Waals surface area contributed by atoms with E-state index in [0.717, 1.165) is 43.1 Å². The fraction of sp³-hybridized carbons (Fsp3) is 0.391. The molecule has 3 heterocycles. The number of nitrogens with zero attached hydrogens (tertiary/aromatic N) is 5. The number of benzene rings is 1. The number of anilines is 1. The molecule has 8 heteroatoms. The summed E-state index contributed by atoms with van der Waals surface area (Å²) in [6.45, 7) is 6.55. The number of amides is 1. The molecule has 1 saturated heterocycles. The molecule has 1 aromatic carbocycles. The maximum atomic E-state index is 12.2. The lowest BCUT2D eigenvalue weighted by atomic mass is 10.1. The highest BCUT2D eigenvalue weighted by Crippen LogP contribution is 2.19. The van der Waals surface area contributed by atoms with Crippen LogP contribution in [0.4, 0.5) is 5.82 Å². The van der Waals surface area contributed by atoms with Gasteiger partial charge in [-0.2, -0.15) is 0 Å². The molecule has 3 aromatic rings. The zero-order valence-electron chi connectivity index (χ0n) is 18.0. The Hall–Kier alpha value is -3.26. The number of piperazine rings is 1. The smallest absolute Gasteiger partial charge is 0.247 e. The van der Waals surface area contributed by atoms with Crippen molar-refractivity contribution in [2.75, 3.05) is 38.1 Å². The summed E-state index contributed by atoms with van der Waals surface area (Å²) in [5, 5.41) is 11.1. The van der Waals surface area contributed by atoms with E-state index >= 15 is 0 Å². The molecule has 0 bridgehead atoms. The number of hydrogen-bond acceptors (Lipinski definition) is 7. The summed E-state index contributed by atoms with van der Waals surface area (Å²) in [6, 6.07) is 11.9. The molecule has 1 aliphatic rings. The van der Waals surface area contributed by atoms with Crippen LogP contribution in [0, 0.1) is 6.92 Å². The Morgan fingerprint density at radius 3 is 2.55 bits per heavy atom. The van der Waals surface area contributed by atoms with Crippen LogP contribution in [0.1, 0.15) is 23.4 Å². The van der Waals surface area contributed by atoms with Crippen molar-refractivity contribution in [2.45, 2.75) is 26.3 Å². The van der Waals surface area contributed by atoms with Gasteiger partial charge >= 0.3 is 0 Å². The van der Waals surface area contributed by atoms with Gasteiger partial charge in [-0.05, 0) is 37.7 Å². The second kappa shape index (κ2) is 9.70. The second-order valence-corrected chi connectivity index (χ2v) is 7.96. The fourth-order valence-electron chi connectivity index (χ4n) is 3.42. The molecule has 1 aliphatic heterocycles. The SMILES string of the molecule is Cc1ccc(-c2nnc(CCC(=O)NCc3ccc(N4CCN(C)CC4)nc3)o2)cc1. The molecular weight excluding hydrogens is 392 g/mol. The third-order valence-corrected chi connectivity index (χ3v) is 5.46. The Morgan fingerprint density at radius 1 is 1.06 bits per heavy atom. The van der Waals surface area contributed by atoms with E-state index in [2.05, 4.69) is 37.3 Å². The molecule has 8 nitrogen and oxygen atoms in total. The fourth-order valence-corrected chi connectivity index (χ4v) is 3.42. The summed E-state index contributed by atoms with van der Waals surface area (Å²) in [7, 11) is 2.14. The van der Waals surface area contributed by atoms with E-state index < -0.39 is 0 Å². The molecule has 31 heavy (non-hydrogen) atoms. The number of aromatic nitrogens is 3. The first kappa shape index (κ1) is 21.0. The number of carbonyl (C=O) groups excluding carboxylic acids is 1. The van der Waals surface area contributed by atoms with Gasteiger partial charge in [-0.3, -0.25) is 4.79 Å². The first-order chi connectivity index (χ1) is 15.1. The minimum Gasteiger partial charge on any atom is -0.421 e. The van der Waals surface area contributed by atoms with Crippen molar-refractivity contribution in [3.63, 3.8) is 0 Å². The van der Waals surface area contributed by atoms with Gasteiger partial charge in [0.25, 0.3) is 0 Å². The lowest BCUT2D eigenvalue weighted by Crippen LogP contribution is -2.44. The minimum absolute atomic E-state index is 0.0572. The quantitative estimate of drug-likeness (QED) is 0.628. The van der Waals surface area contributed by atoms with Crippen LogP contribution in [0.25, 0.3) is 11.5 Å². The first-order valence-electron chi connectivity index (χ1n) is 10.6. The van der Waals surface area contributed by atoms with E-state index in [4.69, 9.17) is 4.42 Å². The molecule has 1 fully saturated rings. The van der Waals surface area contributed by atoms with Gasteiger partial charge in [0.2, 0.25) is 17.7 Å². The van der Waals surface area contributed by atoms with Gasteiger partial charge in [-0.15, -0.1) is 10.2 Å². The van der Waals surface area contributed by atoms with Gasteiger partial charge in [0, 0.05) is 57.3 Å². The summed E-state index contributed by atoms with van der Waals surface area (Å²) >= 11 is 0. The molecule has 1 N–H and O–H groups in total. The van der Waals surface area contributed by atoms with E-state index in [0.29, 0.717) is 31.2 Å². The van der Waals surface area contributed by atoms with E-state index in [1.807, 2.05) is 49.5 Å². The van der Waals surface area contributed by atoms with E-state index in [9.17, 15) is 4.79 Å². The van der Waals surface area contributed by atoms with Crippen molar-refractivity contribution in [3.8, 4) is 11.5 Å². The van der Waals surface area contributed by atoms with Crippen LogP contribution in [0.5, 0.6) is 0 Å². The van der Waals surface area contributed by atoms with E-state index in [1.54, 1.807) is 0 Å². The van der Waals surface area contributed by atoms with Gasteiger partial charge in [-0.25, -0.2) is 4.98 Å². The molecule has 0 saturated carbocycles. The van der Waals surface area contributed by atoms with E-state index in [1.165, 1.54) is 5.56 Å². The Labute approximate surface area is 182 Å². The predicted molar refractivity (Wildman–Crippen MR) is 119 cm³/mol. The Morgan fingerprint density at radius 2 is 1.84 bits per heavy atom. The zero-order valence-corrected chi connectivity index (χ0v) is 18.0. The maximum absolute atomic E-state index is 12.2. The number of nitrogens with one attached hydrogen (secondary N) is 1. The van der Waals surface area contributed by atoms with Crippen LogP contribution in [-0.2, 0) is 17.8 Å². The highest BCUT2D eigenvalue weighted by Gasteiger charge is 2.15. The Kier molecular flexibility index (Phi) is 6.57. The topological polar surface area (TPSA) is 87.4 Å². The van der Waals surface area contributed by atoms with Gasteiger partial charge in [-0.1, -0.05) is 23.8 Å². The summed E-state index contributed by atoms with van der Waals surface area (Å²) < 4.78 is 5.68. The number of rotatable bonds is 7. The number of carbonyl (C=O) groups is 1. The molecule has 0 aliphatic carbocycles. The van der Waals surface area contributed by atoms with Gasteiger partial charge in [0.05, 0.1) is 0 Å². The predicted octanol–water partition coefficient (Wildman–Crippen LogP) is 2.44. The molecule has 0 spiro atoms. The molecule has 1 amide bonds. The van der Waals surface area contributed by atoms with Crippen molar-refractivity contribution < 1.29 is 9.21 Å². The van der Waals surface area contributed by atoms with Crippen LogP contribution in [0.2, 0.25) is 0 Å². The molecular formula is C23H28N6O2. The number of pyridine rings is 1. The van der Waals surface area contributed by atoms with E-state index in [-0.39, 0.29) is 5.91 Å². The largest absolute Gasteiger partial charge is 0.421 e. The zero-order chi connectivity index (χ0) is 21.6. The summed E-state index contributed by atoms with van der Waals surface area (Å²) in [5.74, 6) is 1.87. The molecule has 162 valence electrons. The van der Waals surface area contributed by atoms with Crippen molar-refractivity contribution in [1.29, 1.82) is 0 Å². The van der Waals surface area contributed by atoms with Crippen molar-refractivity contribution >= 4 is 11.7 Å². The summed E-state index contributed by atoms with van der Waals surface area (Å²) in [5.41, 5.74) is 3.02. The normalized spacial score (nSPS) is 14.6. The van der Waals surface area contributed by atoms with Crippen molar-refractivity contribution in [1.82, 2.24) is 25.4 Å².